The maximum Gasteiger partial charge on any atom is 0.416 e. The van der Waals surface area contributed by atoms with Gasteiger partial charge in [-0.2, -0.15) is 22.0 Å². The Morgan fingerprint density at radius 3 is 2.20 bits per heavy atom. The Morgan fingerprint density at radius 1 is 1.20 bits per heavy atom. The molecule has 0 atom stereocenters. The van der Waals surface area contributed by atoms with Crippen LogP contribution in [-0.4, -0.2) is 6.61 Å². The fraction of sp³-hybridized carbons (Fsp3) is 0.333. The standard InChI is InChI=1S/C9H7F5O/c1-5-4-6(15-8(10)11)2-3-7(5)9(12,13)14/h2-4,8H,1H3. The van der Waals surface area contributed by atoms with E-state index in [1.807, 2.05) is 0 Å². The average Bonchev–Trinajstić information content (AvgIpc) is 1.99. The Balaban J connectivity index is 2.99. The molecule has 0 bridgehead atoms. The zero-order chi connectivity index (χ0) is 11.6. The molecule has 0 saturated carbocycles. The second-order valence-electron chi connectivity index (χ2n) is 2.85. The van der Waals surface area contributed by atoms with Crippen LogP contribution in [0.3, 0.4) is 0 Å². The van der Waals surface area contributed by atoms with Crippen molar-refractivity contribution in [2.75, 3.05) is 0 Å². The van der Waals surface area contributed by atoms with Crippen molar-refractivity contribution in [2.24, 2.45) is 0 Å². The fourth-order valence-electron chi connectivity index (χ4n) is 1.13. The molecule has 0 aliphatic carbocycles. The number of alkyl halides is 5. The van der Waals surface area contributed by atoms with E-state index in [-0.39, 0.29) is 11.3 Å². The molecule has 15 heavy (non-hydrogen) atoms. The zero-order valence-electron chi connectivity index (χ0n) is 7.61. The number of hydrogen-bond acceptors (Lipinski definition) is 1. The van der Waals surface area contributed by atoms with Gasteiger partial charge >= 0.3 is 12.8 Å². The van der Waals surface area contributed by atoms with Crippen LogP contribution in [-0.2, 0) is 6.18 Å². The summed E-state index contributed by atoms with van der Waals surface area (Å²) >= 11 is 0. The number of benzene rings is 1. The topological polar surface area (TPSA) is 9.23 Å². The van der Waals surface area contributed by atoms with E-state index >= 15 is 0 Å². The SMILES string of the molecule is Cc1cc(OC(F)F)ccc1C(F)(F)F. The minimum Gasteiger partial charge on any atom is -0.435 e. The highest BCUT2D eigenvalue weighted by Crippen LogP contribution is 2.33. The van der Waals surface area contributed by atoms with Crippen LogP contribution in [0, 0.1) is 6.92 Å². The Hall–Kier alpha value is -1.33. The van der Waals surface area contributed by atoms with Crippen LogP contribution in [0.15, 0.2) is 18.2 Å². The minimum atomic E-state index is -4.48. The third-order valence-corrected chi connectivity index (χ3v) is 1.73. The van der Waals surface area contributed by atoms with Crippen LogP contribution in [0.5, 0.6) is 5.75 Å². The van der Waals surface area contributed by atoms with E-state index in [4.69, 9.17) is 0 Å². The first-order valence-corrected chi connectivity index (χ1v) is 3.93. The highest BCUT2D eigenvalue weighted by atomic mass is 19.4. The number of hydrogen-bond donors (Lipinski definition) is 0. The lowest BCUT2D eigenvalue weighted by Gasteiger charge is -2.11. The largest absolute Gasteiger partial charge is 0.435 e. The summed E-state index contributed by atoms with van der Waals surface area (Å²) in [5, 5.41) is 0. The molecule has 1 nitrogen and oxygen atoms in total. The molecule has 84 valence electrons. The van der Waals surface area contributed by atoms with Gasteiger partial charge in [0, 0.05) is 0 Å². The van der Waals surface area contributed by atoms with E-state index in [0.717, 1.165) is 12.1 Å². The van der Waals surface area contributed by atoms with E-state index in [1.54, 1.807) is 0 Å². The van der Waals surface area contributed by atoms with Gasteiger partial charge in [-0.05, 0) is 30.7 Å². The molecule has 0 unspecified atom stereocenters. The average molecular weight is 226 g/mol. The zero-order valence-corrected chi connectivity index (χ0v) is 7.61. The predicted octanol–water partition coefficient (Wildman–Crippen LogP) is 3.62. The normalized spacial score (nSPS) is 11.9. The molecule has 1 aromatic carbocycles. The fourth-order valence-corrected chi connectivity index (χ4v) is 1.13. The van der Waals surface area contributed by atoms with Crippen molar-refractivity contribution in [1.29, 1.82) is 0 Å². The van der Waals surface area contributed by atoms with Crippen LogP contribution in [0.2, 0.25) is 0 Å². The van der Waals surface area contributed by atoms with Gasteiger partial charge in [-0.1, -0.05) is 0 Å². The van der Waals surface area contributed by atoms with Gasteiger partial charge in [-0.15, -0.1) is 0 Å². The molecule has 0 spiro atoms. The number of aryl methyl sites for hydroxylation is 1. The third kappa shape index (κ3) is 3.07. The van der Waals surface area contributed by atoms with Gasteiger partial charge in [0.2, 0.25) is 0 Å². The second kappa shape index (κ2) is 4.04. The molecule has 1 rings (SSSR count). The van der Waals surface area contributed by atoms with E-state index < -0.39 is 18.4 Å². The summed E-state index contributed by atoms with van der Waals surface area (Å²) in [5.41, 5.74) is -1.01. The van der Waals surface area contributed by atoms with Crippen molar-refractivity contribution in [1.82, 2.24) is 0 Å². The van der Waals surface area contributed by atoms with Crippen molar-refractivity contribution in [3.8, 4) is 5.75 Å². The van der Waals surface area contributed by atoms with E-state index in [2.05, 4.69) is 4.74 Å². The molecule has 0 radical (unpaired) electrons. The molecular weight excluding hydrogens is 219 g/mol. The molecule has 0 aromatic heterocycles. The smallest absolute Gasteiger partial charge is 0.416 e. The van der Waals surface area contributed by atoms with Crippen molar-refractivity contribution in [3.63, 3.8) is 0 Å². The lowest BCUT2D eigenvalue weighted by Crippen LogP contribution is -2.08. The Kier molecular flexibility index (Phi) is 3.16. The monoisotopic (exact) mass is 226 g/mol. The van der Waals surface area contributed by atoms with Crippen LogP contribution in [0.1, 0.15) is 11.1 Å². The lowest BCUT2D eigenvalue weighted by molar-refractivity contribution is -0.138. The highest BCUT2D eigenvalue weighted by molar-refractivity contribution is 5.36. The number of halogens is 5. The molecule has 0 fully saturated rings. The Bertz CT molecular complexity index is 345. The van der Waals surface area contributed by atoms with Gasteiger partial charge < -0.3 is 4.74 Å². The summed E-state index contributed by atoms with van der Waals surface area (Å²) in [4.78, 5) is 0. The summed E-state index contributed by atoms with van der Waals surface area (Å²) in [6.07, 6.45) is -4.48. The maximum atomic E-state index is 12.3. The minimum absolute atomic E-state index is 0.152. The van der Waals surface area contributed by atoms with Gasteiger partial charge in [0.05, 0.1) is 5.56 Å². The van der Waals surface area contributed by atoms with Crippen molar-refractivity contribution >= 4 is 0 Å². The number of ether oxygens (including phenoxy) is 1. The molecule has 0 amide bonds. The van der Waals surface area contributed by atoms with Crippen LogP contribution >= 0.6 is 0 Å². The second-order valence-corrected chi connectivity index (χ2v) is 2.85. The van der Waals surface area contributed by atoms with E-state index in [0.29, 0.717) is 6.07 Å². The van der Waals surface area contributed by atoms with Gasteiger partial charge in [-0.25, -0.2) is 0 Å². The molecule has 0 aliphatic heterocycles. The molecule has 0 N–H and O–H groups in total. The Labute approximate surface area is 82.5 Å². The molecule has 0 heterocycles. The van der Waals surface area contributed by atoms with Crippen LogP contribution in [0.25, 0.3) is 0 Å². The van der Waals surface area contributed by atoms with E-state index in [1.165, 1.54) is 6.92 Å². The van der Waals surface area contributed by atoms with E-state index in [9.17, 15) is 22.0 Å². The first-order chi connectivity index (χ1) is 6.80. The van der Waals surface area contributed by atoms with Crippen LogP contribution < -0.4 is 4.74 Å². The van der Waals surface area contributed by atoms with Gasteiger partial charge in [0.1, 0.15) is 5.75 Å². The van der Waals surface area contributed by atoms with Gasteiger partial charge in [0.25, 0.3) is 0 Å². The van der Waals surface area contributed by atoms with Crippen molar-refractivity contribution < 1.29 is 26.7 Å². The molecule has 0 aliphatic rings. The number of rotatable bonds is 2. The van der Waals surface area contributed by atoms with Crippen molar-refractivity contribution in [3.05, 3.63) is 29.3 Å². The lowest BCUT2D eigenvalue weighted by atomic mass is 10.1. The highest BCUT2D eigenvalue weighted by Gasteiger charge is 2.32. The maximum absolute atomic E-state index is 12.3. The summed E-state index contributed by atoms with van der Waals surface area (Å²) in [6, 6.07) is 2.50. The molecule has 0 saturated heterocycles. The van der Waals surface area contributed by atoms with Gasteiger partial charge in [0.15, 0.2) is 0 Å². The third-order valence-electron chi connectivity index (χ3n) is 1.73. The summed E-state index contributed by atoms with van der Waals surface area (Å²) in [7, 11) is 0. The first-order valence-electron chi connectivity index (χ1n) is 3.93. The molecular formula is C9H7F5O. The van der Waals surface area contributed by atoms with Gasteiger partial charge in [-0.3, -0.25) is 0 Å². The summed E-state index contributed by atoms with van der Waals surface area (Å²) in [6.45, 7) is -1.86. The first kappa shape index (κ1) is 11.7. The Morgan fingerprint density at radius 2 is 1.80 bits per heavy atom. The van der Waals surface area contributed by atoms with Crippen LogP contribution in [0.4, 0.5) is 22.0 Å². The quantitative estimate of drug-likeness (QED) is 0.700. The summed E-state index contributed by atoms with van der Waals surface area (Å²) in [5.74, 6) is -0.282. The van der Waals surface area contributed by atoms with Crippen molar-refractivity contribution in [2.45, 2.75) is 19.7 Å². The molecule has 1 aromatic rings. The summed E-state index contributed by atoms with van der Waals surface area (Å²) < 4.78 is 64.2. The molecule has 6 heteroatoms. The predicted molar refractivity (Wildman–Crippen MR) is 42.8 cm³/mol.